The molecule has 0 aromatic carbocycles. The lowest BCUT2D eigenvalue weighted by molar-refractivity contribution is -0.135. The van der Waals surface area contributed by atoms with Gasteiger partial charge in [0.05, 0.1) is 6.10 Å². The number of hydrogen-bond acceptors (Lipinski definition) is 2. The lowest BCUT2D eigenvalue weighted by Gasteiger charge is -2.60. The summed E-state index contributed by atoms with van der Waals surface area (Å²) in [6, 6.07) is 0. The smallest absolute Gasteiger partial charge is 0.0608 e. The quantitative estimate of drug-likeness (QED) is 0.746. The molecule has 0 radical (unpaired) electrons. The van der Waals surface area contributed by atoms with Gasteiger partial charge in [0.15, 0.2) is 0 Å². The fraction of sp³-hybridized carbons (Fsp3) is 0.900. The molecular formula is C20H34O2. The Morgan fingerprint density at radius 2 is 2.00 bits per heavy atom. The largest absolute Gasteiger partial charge is 0.396 e. The Morgan fingerprint density at radius 1 is 1.23 bits per heavy atom. The van der Waals surface area contributed by atoms with Crippen molar-refractivity contribution in [1.29, 1.82) is 0 Å². The lowest BCUT2D eigenvalue weighted by Crippen LogP contribution is -2.54. The summed E-state index contributed by atoms with van der Waals surface area (Å²) in [7, 11) is 0. The van der Waals surface area contributed by atoms with E-state index < -0.39 is 0 Å². The standard InChI is InChI=1S/C20H34O2/c1-4-14-6-8-16-15(17(22)12-14)7-9-18-19(2,13-21)10-5-11-20(16,18)3/h6,15-18,21-22H,4-5,7-13H2,1-3H3. The molecule has 3 aliphatic carbocycles. The summed E-state index contributed by atoms with van der Waals surface area (Å²) in [5.41, 5.74) is 1.83. The van der Waals surface area contributed by atoms with Gasteiger partial charge in [-0.2, -0.15) is 0 Å². The number of allylic oxidation sites excluding steroid dienone is 1. The topological polar surface area (TPSA) is 40.5 Å². The highest BCUT2D eigenvalue weighted by molar-refractivity contribution is 5.13. The molecule has 126 valence electrons. The zero-order chi connectivity index (χ0) is 16.0. The van der Waals surface area contributed by atoms with Gasteiger partial charge in [-0.25, -0.2) is 0 Å². The first-order valence-electron chi connectivity index (χ1n) is 9.41. The number of rotatable bonds is 2. The summed E-state index contributed by atoms with van der Waals surface area (Å²) in [6.07, 6.45) is 11.4. The summed E-state index contributed by atoms with van der Waals surface area (Å²) in [5, 5.41) is 20.8. The Hall–Kier alpha value is -0.340. The van der Waals surface area contributed by atoms with Crippen molar-refractivity contribution in [3.8, 4) is 0 Å². The first-order chi connectivity index (χ1) is 10.4. The molecule has 22 heavy (non-hydrogen) atoms. The van der Waals surface area contributed by atoms with Gasteiger partial charge in [-0.1, -0.05) is 38.8 Å². The molecule has 2 heteroatoms. The van der Waals surface area contributed by atoms with Crippen LogP contribution in [0.4, 0.5) is 0 Å². The van der Waals surface area contributed by atoms with Crippen molar-refractivity contribution in [2.75, 3.05) is 6.61 Å². The van der Waals surface area contributed by atoms with E-state index >= 15 is 0 Å². The zero-order valence-electron chi connectivity index (χ0n) is 14.6. The molecule has 3 aliphatic rings. The first-order valence-corrected chi connectivity index (χ1v) is 9.41. The van der Waals surface area contributed by atoms with Crippen LogP contribution in [0.1, 0.15) is 72.1 Å². The molecule has 0 aliphatic heterocycles. The van der Waals surface area contributed by atoms with Gasteiger partial charge in [0.25, 0.3) is 0 Å². The molecule has 2 fully saturated rings. The second-order valence-corrected chi connectivity index (χ2v) is 8.79. The fourth-order valence-electron chi connectivity index (χ4n) is 6.37. The van der Waals surface area contributed by atoms with Crippen molar-refractivity contribution in [2.45, 2.75) is 78.2 Å². The van der Waals surface area contributed by atoms with Gasteiger partial charge in [0.1, 0.15) is 0 Å². The average molecular weight is 306 g/mol. The van der Waals surface area contributed by atoms with Crippen molar-refractivity contribution in [2.24, 2.45) is 28.6 Å². The number of fused-ring (bicyclic) bond motifs is 3. The summed E-state index contributed by atoms with van der Waals surface area (Å²) >= 11 is 0. The van der Waals surface area contributed by atoms with Crippen LogP contribution in [0.3, 0.4) is 0 Å². The fourth-order valence-corrected chi connectivity index (χ4v) is 6.37. The molecule has 0 amide bonds. The van der Waals surface area contributed by atoms with Gasteiger partial charge >= 0.3 is 0 Å². The van der Waals surface area contributed by atoms with Crippen molar-refractivity contribution >= 4 is 0 Å². The third-order valence-electron chi connectivity index (χ3n) is 7.69. The Kier molecular flexibility index (Phi) is 4.46. The van der Waals surface area contributed by atoms with Crippen LogP contribution in [0, 0.1) is 28.6 Å². The molecule has 2 N–H and O–H groups in total. The van der Waals surface area contributed by atoms with Gasteiger partial charge in [0, 0.05) is 6.61 Å². The Balaban J connectivity index is 1.94. The molecule has 6 unspecified atom stereocenters. The normalized spacial score (nSPS) is 48.9. The van der Waals surface area contributed by atoms with E-state index in [0.717, 1.165) is 25.7 Å². The van der Waals surface area contributed by atoms with Crippen molar-refractivity contribution in [1.82, 2.24) is 0 Å². The van der Waals surface area contributed by atoms with E-state index in [2.05, 4.69) is 26.8 Å². The minimum atomic E-state index is -0.154. The SMILES string of the molecule is CCC1=CCC2C(CCC3C(C)(CO)CCCC23C)C(O)C1. The molecule has 0 aromatic rings. The van der Waals surface area contributed by atoms with Crippen LogP contribution in [0.5, 0.6) is 0 Å². The third-order valence-corrected chi connectivity index (χ3v) is 7.69. The molecule has 0 aromatic heterocycles. The van der Waals surface area contributed by atoms with Gasteiger partial charge in [-0.05, 0) is 73.5 Å². The number of hydrogen-bond donors (Lipinski definition) is 2. The monoisotopic (exact) mass is 306 g/mol. The maximum absolute atomic E-state index is 10.8. The number of aliphatic hydroxyl groups is 2. The molecule has 2 nitrogen and oxygen atoms in total. The van der Waals surface area contributed by atoms with Gasteiger partial charge in [-0.3, -0.25) is 0 Å². The predicted octanol–water partition coefficient (Wildman–Crippen LogP) is 4.31. The summed E-state index contributed by atoms with van der Waals surface area (Å²) in [4.78, 5) is 0. The lowest BCUT2D eigenvalue weighted by atomic mass is 9.45. The van der Waals surface area contributed by atoms with Gasteiger partial charge in [-0.15, -0.1) is 0 Å². The zero-order valence-corrected chi connectivity index (χ0v) is 14.6. The Labute approximate surface area is 136 Å². The van der Waals surface area contributed by atoms with E-state index in [0.29, 0.717) is 29.8 Å². The van der Waals surface area contributed by atoms with E-state index in [1.54, 1.807) is 0 Å². The second-order valence-electron chi connectivity index (χ2n) is 8.79. The predicted molar refractivity (Wildman–Crippen MR) is 90.5 cm³/mol. The van der Waals surface area contributed by atoms with E-state index in [-0.39, 0.29) is 11.5 Å². The van der Waals surface area contributed by atoms with Crippen molar-refractivity contribution in [3.05, 3.63) is 11.6 Å². The van der Waals surface area contributed by atoms with Crippen molar-refractivity contribution < 1.29 is 10.2 Å². The van der Waals surface area contributed by atoms with Crippen molar-refractivity contribution in [3.63, 3.8) is 0 Å². The first kappa shape index (κ1) is 16.5. The minimum Gasteiger partial charge on any atom is -0.396 e. The Morgan fingerprint density at radius 3 is 2.68 bits per heavy atom. The van der Waals surface area contributed by atoms with Crippen LogP contribution in [0.15, 0.2) is 11.6 Å². The van der Waals surface area contributed by atoms with Crippen LogP contribution in [0.25, 0.3) is 0 Å². The second kappa shape index (κ2) is 5.94. The molecule has 0 saturated heterocycles. The molecule has 3 rings (SSSR count). The van der Waals surface area contributed by atoms with E-state index in [4.69, 9.17) is 0 Å². The molecular weight excluding hydrogens is 272 g/mol. The highest BCUT2D eigenvalue weighted by atomic mass is 16.3. The van der Waals surface area contributed by atoms with Gasteiger partial charge in [0.2, 0.25) is 0 Å². The molecule has 0 spiro atoms. The maximum atomic E-state index is 10.8. The van der Waals surface area contributed by atoms with Crippen LogP contribution in [-0.4, -0.2) is 22.9 Å². The summed E-state index contributed by atoms with van der Waals surface area (Å²) < 4.78 is 0. The highest BCUT2D eigenvalue weighted by Crippen LogP contribution is 2.63. The van der Waals surface area contributed by atoms with Gasteiger partial charge < -0.3 is 10.2 Å². The van der Waals surface area contributed by atoms with Crippen LogP contribution >= 0.6 is 0 Å². The Bertz CT molecular complexity index is 443. The molecule has 0 bridgehead atoms. The average Bonchev–Trinajstić information content (AvgIpc) is 2.67. The molecule has 6 atom stereocenters. The van der Waals surface area contributed by atoms with E-state index in [1.807, 2.05) is 0 Å². The van der Waals surface area contributed by atoms with E-state index in [1.165, 1.54) is 31.3 Å². The van der Waals surface area contributed by atoms with Crippen LogP contribution < -0.4 is 0 Å². The third kappa shape index (κ3) is 2.47. The number of aliphatic hydroxyl groups excluding tert-OH is 2. The summed E-state index contributed by atoms with van der Waals surface area (Å²) in [6.45, 7) is 7.31. The van der Waals surface area contributed by atoms with E-state index in [9.17, 15) is 10.2 Å². The minimum absolute atomic E-state index is 0.0898. The maximum Gasteiger partial charge on any atom is 0.0608 e. The van der Waals surface area contributed by atoms with Crippen LogP contribution in [-0.2, 0) is 0 Å². The van der Waals surface area contributed by atoms with Crippen LogP contribution in [0.2, 0.25) is 0 Å². The highest BCUT2D eigenvalue weighted by Gasteiger charge is 2.56. The molecule has 0 heterocycles. The molecule has 2 saturated carbocycles. The summed E-state index contributed by atoms with van der Waals surface area (Å²) in [5.74, 6) is 1.67.